The molecule has 2 aromatic rings. The van der Waals surface area contributed by atoms with Gasteiger partial charge < -0.3 is 9.80 Å². The third-order valence-electron chi connectivity index (χ3n) is 5.22. The van der Waals surface area contributed by atoms with Gasteiger partial charge >= 0.3 is 0 Å². The number of aromatic nitrogens is 1. The Bertz CT molecular complexity index is 819. The lowest BCUT2D eigenvalue weighted by Gasteiger charge is -2.33. The summed E-state index contributed by atoms with van der Waals surface area (Å²) in [5.41, 5.74) is 1.85. The van der Waals surface area contributed by atoms with Crippen molar-refractivity contribution in [2.24, 2.45) is 0 Å². The average molecular weight is 425 g/mol. The van der Waals surface area contributed by atoms with Crippen LogP contribution in [0.4, 0.5) is 5.82 Å². The number of benzene rings is 1. The number of likely N-dealkylation sites (N-methyl/N-ethyl adjacent to an activating group) is 2. The summed E-state index contributed by atoms with van der Waals surface area (Å²) in [5.74, 6) is 1.84. The standard InChI is InChI=1S/C24H32N4OS/c1-5-27(24(29)14-15-30-20(4)22-10-8-7-9-11-22)18-19(3)28(6-2)23-13-12-21(16-25)17-26-23/h7-13,17,19-20H,5-6,14-15,18H2,1-4H3. The molecule has 0 saturated carbocycles. The summed E-state index contributed by atoms with van der Waals surface area (Å²) in [6.07, 6.45) is 2.14. The number of rotatable bonds is 11. The van der Waals surface area contributed by atoms with Crippen LogP contribution in [0.2, 0.25) is 0 Å². The number of hydrogen-bond acceptors (Lipinski definition) is 5. The minimum atomic E-state index is 0.134. The first-order valence-electron chi connectivity index (χ1n) is 10.6. The van der Waals surface area contributed by atoms with Gasteiger partial charge in [-0.15, -0.1) is 0 Å². The number of pyridine rings is 1. The second-order valence-electron chi connectivity index (χ2n) is 7.26. The quantitative estimate of drug-likeness (QED) is 0.513. The largest absolute Gasteiger partial charge is 0.352 e. The molecule has 0 bridgehead atoms. The van der Waals surface area contributed by atoms with Gasteiger partial charge in [-0.25, -0.2) is 4.98 Å². The number of anilines is 1. The Kier molecular flexibility index (Phi) is 9.69. The molecular formula is C24H32N4OS. The highest BCUT2D eigenvalue weighted by Gasteiger charge is 2.20. The first kappa shape index (κ1) is 23.8. The smallest absolute Gasteiger partial charge is 0.223 e. The van der Waals surface area contributed by atoms with Crippen LogP contribution in [0.5, 0.6) is 0 Å². The van der Waals surface area contributed by atoms with E-state index in [1.807, 2.05) is 35.7 Å². The van der Waals surface area contributed by atoms with Gasteiger partial charge in [-0.3, -0.25) is 4.79 Å². The van der Waals surface area contributed by atoms with Crippen LogP contribution in [0.1, 0.15) is 50.5 Å². The summed E-state index contributed by atoms with van der Waals surface area (Å²) >= 11 is 1.82. The maximum atomic E-state index is 12.8. The highest BCUT2D eigenvalue weighted by molar-refractivity contribution is 7.99. The van der Waals surface area contributed by atoms with Crippen molar-refractivity contribution >= 4 is 23.5 Å². The van der Waals surface area contributed by atoms with Gasteiger partial charge in [-0.1, -0.05) is 30.3 Å². The van der Waals surface area contributed by atoms with E-state index in [0.717, 1.165) is 18.1 Å². The van der Waals surface area contributed by atoms with Crippen LogP contribution in [0.25, 0.3) is 0 Å². The van der Waals surface area contributed by atoms with E-state index in [9.17, 15) is 4.79 Å². The molecule has 30 heavy (non-hydrogen) atoms. The van der Waals surface area contributed by atoms with Crippen LogP contribution in [-0.2, 0) is 4.79 Å². The average Bonchev–Trinajstić information content (AvgIpc) is 2.78. The van der Waals surface area contributed by atoms with Crippen LogP contribution < -0.4 is 4.90 Å². The predicted octanol–water partition coefficient (Wildman–Crippen LogP) is 4.90. The van der Waals surface area contributed by atoms with Crippen molar-refractivity contribution in [1.29, 1.82) is 5.26 Å². The van der Waals surface area contributed by atoms with Crippen molar-refractivity contribution in [3.8, 4) is 6.07 Å². The lowest BCUT2D eigenvalue weighted by atomic mass is 10.2. The minimum absolute atomic E-state index is 0.134. The monoisotopic (exact) mass is 424 g/mol. The first-order chi connectivity index (χ1) is 14.5. The second-order valence-corrected chi connectivity index (χ2v) is 8.71. The van der Waals surface area contributed by atoms with Gasteiger partial charge in [-0.2, -0.15) is 17.0 Å². The van der Waals surface area contributed by atoms with Crippen molar-refractivity contribution < 1.29 is 4.79 Å². The zero-order valence-corrected chi connectivity index (χ0v) is 19.2. The van der Waals surface area contributed by atoms with Crippen LogP contribution in [0.3, 0.4) is 0 Å². The molecule has 0 fully saturated rings. The Balaban J connectivity index is 1.88. The van der Waals surface area contributed by atoms with Gasteiger partial charge in [0.1, 0.15) is 11.9 Å². The van der Waals surface area contributed by atoms with Gasteiger partial charge in [0.25, 0.3) is 0 Å². The zero-order valence-electron chi connectivity index (χ0n) is 18.4. The Morgan fingerprint density at radius 2 is 1.87 bits per heavy atom. The Morgan fingerprint density at radius 1 is 1.13 bits per heavy atom. The molecule has 1 amide bonds. The van der Waals surface area contributed by atoms with Crippen LogP contribution in [-0.4, -0.2) is 47.2 Å². The van der Waals surface area contributed by atoms with Crippen molar-refractivity contribution in [2.45, 2.75) is 45.4 Å². The van der Waals surface area contributed by atoms with E-state index < -0.39 is 0 Å². The number of nitriles is 1. The summed E-state index contributed by atoms with van der Waals surface area (Å²) < 4.78 is 0. The highest BCUT2D eigenvalue weighted by Crippen LogP contribution is 2.28. The summed E-state index contributed by atoms with van der Waals surface area (Å²) in [4.78, 5) is 21.3. The maximum Gasteiger partial charge on any atom is 0.223 e. The van der Waals surface area contributed by atoms with Gasteiger partial charge in [0.05, 0.1) is 5.56 Å². The molecule has 6 heteroatoms. The number of amides is 1. The number of carbonyl (C=O) groups excluding carboxylic acids is 1. The Labute approximate surface area is 185 Å². The zero-order chi connectivity index (χ0) is 21.9. The predicted molar refractivity (Wildman–Crippen MR) is 126 cm³/mol. The van der Waals surface area contributed by atoms with Crippen molar-refractivity contribution in [3.05, 3.63) is 59.8 Å². The molecule has 160 valence electrons. The van der Waals surface area contributed by atoms with Gasteiger partial charge in [0.15, 0.2) is 0 Å². The minimum Gasteiger partial charge on any atom is -0.352 e. The van der Waals surface area contributed by atoms with Crippen molar-refractivity contribution in [1.82, 2.24) is 9.88 Å². The molecule has 0 saturated heterocycles. The molecule has 2 rings (SSSR count). The van der Waals surface area contributed by atoms with Crippen LogP contribution in [0, 0.1) is 11.3 Å². The van der Waals surface area contributed by atoms with E-state index >= 15 is 0 Å². The topological polar surface area (TPSA) is 60.2 Å². The second kappa shape index (κ2) is 12.2. The summed E-state index contributed by atoms with van der Waals surface area (Å²) in [6.45, 7) is 10.6. The third kappa shape index (κ3) is 6.77. The van der Waals surface area contributed by atoms with Gasteiger partial charge in [0, 0.05) is 49.3 Å². The molecule has 0 spiro atoms. The molecule has 1 heterocycles. The van der Waals surface area contributed by atoms with E-state index in [2.05, 4.69) is 61.0 Å². The first-order valence-corrected chi connectivity index (χ1v) is 11.6. The Hall–Kier alpha value is -2.52. The molecule has 5 nitrogen and oxygen atoms in total. The van der Waals surface area contributed by atoms with Crippen LogP contribution >= 0.6 is 11.8 Å². The molecule has 1 aromatic carbocycles. The van der Waals surface area contributed by atoms with Gasteiger partial charge in [-0.05, 0) is 45.4 Å². The lowest BCUT2D eigenvalue weighted by Crippen LogP contribution is -2.45. The summed E-state index contributed by atoms with van der Waals surface area (Å²) in [6, 6.07) is 16.3. The number of thioether (sulfide) groups is 1. The van der Waals surface area contributed by atoms with Gasteiger partial charge in [0.2, 0.25) is 5.91 Å². The summed E-state index contributed by atoms with van der Waals surface area (Å²) in [7, 11) is 0. The van der Waals surface area contributed by atoms with Crippen molar-refractivity contribution in [3.63, 3.8) is 0 Å². The number of hydrogen-bond donors (Lipinski definition) is 0. The van der Waals surface area contributed by atoms with Crippen LogP contribution in [0.15, 0.2) is 48.7 Å². The normalized spacial score (nSPS) is 12.6. The Morgan fingerprint density at radius 3 is 2.43 bits per heavy atom. The molecular weight excluding hydrogens is 392 g/mol. The fourth-order valence-corrected chi connectivity index (χ4v) is 4.44. The van der Waals surface area contributed by atoms with Crippen molar-refractivity contribution in [2.75, 3.05) is 30.3 Å². The molecule has 2 unspecified atom stereocenters. The summed E-state index contributed by atoms with van der Waals surface area (Å²) in [5, 5.41) is 9.35. The molecule has 0 radical (unpaired) electrons. The fourth-order valence-electron chi connectivity index (χ4n) is 3.45. The SMILES string of the molecule is CCN(CC(C)N(CC)c1ccc(C#N)cn1)C(=O)CCSC(C)c1ccccc1. The van der Waals surface area contributed by atoms with E-state index in [1.165, 1.54) is 5.56 Å². The lowest BCUT2D eigenvalue weighted by molar-refractivity contribution is -0.130. The third-order valence-corrected chi connectivity index (χ3v) is 6.43. The van der Waals surface area contributed by atoms with E-state index in [-0.39, 0.29) is 11.9 Å². The molecule has 1 aromatic heterocycles. The van der Waals surface area contributed by atoms with E-state index in [4.69, 9.17) is 5.26 Å². The number of carbonyl (C=O) groups is 1. The molecule has 0 N–H and O–H groups in total. The number of nitrogens with zero attached hydrogens (tertiary/aromatic N) is 4. The van der Waals surface area contributed by atoms with E-state index in [1.54, 1.807) is 12.3 Å². The highest BCUT2D eigenvalue weighted by atomic mass is 32.2. The molecule has 0 aliphatic rings. The molecule has 0 aliphatic heterocycles. The van der Waals surface area contributed by atoms with E-state index in [0.29, 0.717) is 30.3 Å². The maximum absolute atomic E-state index is 12.8. The molecule has 0 aliphatic carbocycles. The molecule has 2 atom stereocenters. The fraction of sp³-hybridized carbons (Fsp3) is 0.458.